The van der Waals surface area contributed by atoms with Gasteiger partial charge in [-0.25, -0.2) is 4.79 Å². The Balaban J connectivity index is 1.31. The maximum absolute atomic E-state index is 13.5. The summed E-state index contributed by atoms with van der Waals surface area (Å²) < 4.78 is 5.20. The molecule has 9 atom stereocenters. The molecule has 49 heavy (non-hydrogen) atoms. The lowest BCUT2D eigenvalue weighted by Crippen LogP contribution is -2.62. The molecule has 0 heterocycles. The monoisotopic (exact) mass is 689 g/mol. The number of hydrogen-bond acceptors (Lipinski definition) is 10. The quantitative estimate of drug-likeness (QED) is 0.141. The number of carbonyl (C=O) groups excluding carboxylic acids is 6. The lowest BCUT2D eigenvalue weighted by Gasteiger charge is -2.60. The normalized spacial score (nSPS) is 33.2. The van der Waals surface area contributed by atoms with Crippen LogP contribution in [-0.2, 0) is 38.3 Å². The maximum Gasteiger partial charge on any atom is 0.326 e. The van der Waals surface area contributed by atoms with Crippen LogP contribution in [0.1, 0.15) is 98.3 Å². The van der Waals surface area contributed by atoms with Crippen molar-refractivity contribution in [3.8, 4) is 0 Å². The molecule has 0 radical (unpaired) electrons. The molecule has 0 aromatic carbocycles. The zero-order chi connectivity index (χ0) is 36.5. The van der Waals surface area contributed by atoms with Crippen molar-refractivity contribution < 1.29 is 53.6 Å². The first-order chi connectivity index (χ1) is 22.8. The minimum Gasteiger partial charge on any atom is -0.480 e. The van der Waals surface area contributed by atoms with Crippen LogP contribution < -0.4 is 16.4 Å². The van der Waals surface area contributed by atoms with Crippen molar-refractivity contribution in [1.29, 1.82) is 0 Å². The Labute approximate surface area is 286 Å². The molecule has 14 nitrogen and oxygen atoms in total. The minimum absolute atomic E-state index is 0.0368. The molecule has 3 fully saturated rings. The van der Waals surface area contributed by atoms with Crippen molar-refractivity contribution in [3.63, 3.8) is 0 Å². The molecule has 0 aromatic rings. The summed E-state index contributed by atoms with van der Waals surface area (Å²) >= 11 is 0. The summed E-state index contributed by atoms with van der Waals surface area (Å²) in [5.41, 5.74) is 3.10. The van der Waals surface area contributed by atoms with Gasteiger partial charge in [0.1, 0.15) is 17.7 Å². The summed E-state index contributed by atoms with van der Waals surface area (Å²) in [6.45, 7) is 6.53. The van der Waals surface area contributed by atoms with Crippen LogP contribution in [0.4, 0.5) is 0 Å². The van der Waals surface area contributed by atoms with Crippen molar-refractivity contribution >= 4 is 41.2 Å². The average molecular weight is 690 g/mol. The van der Waals surface area contributed by atoms with Crippen LogP contribution in [0.5, 0.6) is 0 Å². The van der Waals surface area contributed by atoms with Crippen LogP contribution in [0.3, 0.4) is 0 Å². The molecule has 0 saturated heterocycles. The second-order valence-corrected chi connectivity index (χ2v) is 15.3. The first-order valence-electron chi connectivity index (χ1n) is 17.3. The van der Waals surface area contributed by atoms with Gasteiger partial charge in [0.05, 0.1) is 12.5 Å². The standard InChI is InChI=1S/C35H51N3O11/c1-18(2)30(31(45)37-23(32(46)47)7-8-26(36)42)38-27(43)9-10-28(44)49-17-25(41)35(48)14-12-22-21-6-5-19-15-20(39)11-13-33(19,3)29(21)24(40)16-34(22,35)4/h15,18,21-24,29-30,40,48H,5-14,16-17H2,1-4H3,(H2,36,42)(H,37,45)(H,38,43)(H,46,47)/t21-,22+,23+,24+,29-,30-,33-,34-,35-/m0/s1. The number of carboxylic acids is 1. The number of allylic oxidation sites excluding steroid dienone is 1. The molecule has 3 amide bonds. The lowest BCUT2D eigenvalue weighted by atomic mass is 9.45. The first-order valence-corrected chi connectivity index (χ1v) is 17.3. The van der Waals surface area contributed by atoms with Gasteiger partial charge >= 0.3 is 11.9 Å². The Hall–Kier alpha value is -3.65. The molecule has 3 saturated carbocycles. The fourth-order valence-electron chi connectivity index (χ4n) is 9.29. The van der Waals surface area contributed by atoms with E-state index in [-0.39, 0.29) is 61.1 Å². The third kappa shape index (κ3) is 7.59. The molecule has 7 N–H and O–H groups in total. The van der Waals surface area contributed by atoms with Crippen molar-refractivity contribution in [2.75, 3.05) is 6.61 Å². The number of fused-ring (bicyclic) bond motifs is 5. The largest absolute Gasteiger partial charge is 0.480 e. The number of carboxylic acid groups (broad SMARTS) is 1. The van der Waals surface area contributed by atoms with Gasteiger partial charge < -0.3 is 36.4 Å². The van der Waals surface area contributed by atoms with Crippen LogP contribution >= 0.6 is 0 Å². The predicted octanol–water partition coefficient (Wildman–Crippen LogP) is 1.09. The van der Waals surface area contributed by atoms with Crippen LogP contribution in [0, 0.1) is 34.5 Å². The SMILES string of the molecule is CC(C)[C@H](NC(=O)CCC(=O)OCC(=O)[C@@]1(O)CC[C@@H]2[C@@H]3CCC4=CC(=O)CC[C@]4(C)[C@@H]3[C@H](O)C[C@@]21C)C(=O)N[C@H](CCC(N)=O)C(=O)O. The number of esters is 1. The van der Waals surface area contributed by atoms with Gasteiger partial charge in [-0.1, -0.05) is 33.3 Å². The molecule has 4 aliphatic carbocycles. The number of aliphatic hydroxyl groups excluding tert-OH is 1. The third-order valence-electron chi connectivity index (χ3n) is 12.0. The summed E-state index contributed by atoms with van der Waals surface area (Å²) in [6.07, 6.45) is 3.24. The number of hydrogen-bond donors (Lipinski definition) is 6. The van der Waals surface area contributed by atoms with Crippen LogP contribution in [0.15, 0.2) is 11.6 Å². The molecule has 4 rings (SSSR count). The third-order valence-corrected chi connectivity index (χ3v) is 12.0. The zero-order valence-electron chi connectivity index (χ0n) is 28.8. The van der Waals surface area contributed by atoms with E-state index in [1.807, 2.05) is 6.92 Å². The van der Waals surface area contributed by atoms with E-state index >= 15 is 0 Å². The first kappa shape index (κ1) is 38.2. The van der Waals surface area contributed by atoms with Crippen LogP contribution in [0.25, 0.3) is 0 Å². The topological polar surface area (TPSA) is 239 Å². The maximum atomic E-state index is 13.5. The van der Waals surface area contributed by atoms with E-state index < -0.39 is 83.6 Å². The lowest BCUT2D eigenvalue weighted by molar-refractivity contribution is -0.184. The summed E-state index contributed by atoms with van der Waals surface area (Å²) in [4.78, 5) is 86.2. The number of Topliss-reactive ketones (excluding diaryl/α,β-unsaturated/α-hetero) is 1. The van der Waals surface area contributed by atoms with Gasteiger partial charge in [0, 0.05) is 24.7 Å². The van der Waals surface area contributed by atoms with E-state index in [2.05, 4.69) is 17.6 Å². The molecule has 0 bridgehead atoms. The number of ether oxygens (including phenoxy) is 1. The van der Waals surface area contributed by atoms with Gasteiger partial charge in [0.15, 0.2) is 12.4 Å². The Morgan fingerprint density at radius 3 is 2.35 bits per heavy atom. The van der Waals surface area contributed by atoms with E-state index in [4.69, 9.17) is 10.5 Å². The highest BCUT2D eigenvalue weighted by molar-refractivity contribution is 5.93. The zero-order valence-corrected chi connectivity index (χ0v) is 28.8. The Kier molecular flexibility index (Phi) is 11.4. The highest BCUT2D eigenvalue weighted by Crippen LogP contribution is 2.67. The number of aliphatic hydroxyl groups is 2. The van der Waals surface area contributed by atoms with Crippen molar-refractivity contribution in [2.24, 2.45) is 40.2 Å². The summed E-state index contributed by atoms with van der Waals surface area (Å²) in [5, 5.41) is 37.6. The van der Waals surface area contributed by atoms with Crippen molar-refractivity contribution in [3.05, 3.63) is 11.6 Å². The van der Waals surface area contributed by atoms with E-state index in [1.165, 1.54) is 0 Å². The Morgan fingerprint density at radius 2 is 1.71 bits per heavy atom. The molecular weight excluding hydrogens is 638 g/mol. The minimum atomic E-state index is -1.82. The van der Waals surface area contributed by atoms with Gasteiger partial charge in [-0.15, -0.1) is 0 Å². The number of nitrogens with one attached hydrogen (secondary N) is 2. The second-order valence-electron chi connectivity index (χ2n) is 15.3. The van der Waals surface area contributed by atoms with Gasteiger partial charge in [-0.2, -0.15) is 0 Å². The highest BCUT2D eigenvalue weighted by Gasteiger charge is 2.68. The van der Waals surface area contributed by atoms with E-state index in [1.54, 1.807) is 19.9 Å². The second kappa shape index (κ2) is 14.7. The number of ketones is 2. The molecule has 0 unspecified atom stereocenters. The van der Waals surface area contributed by atoms with E-state index in [0.717, 1.165) is 18.4 Å². The Bertz CT molecular complexity index is 1410. The fraction of sp³-hybridized carbons (Fsp3) is 0.743. The highest BCUT2D eigenvalue weighted by atomic mass is 16.5. The van der Waals surface area contributed by atoms with Gasteiger partial charge in [0.25, 0.3) is 0 Å². The molecule has 0 aliphatic heterocycles. The summed E-state index contributed by atoms with van der Waals surface area (Å²) in [7, 11) is 0. The van der Waals surface area contributed by atoms with Gasteiger partial charge in [-0.05, 0) is 80.1 Å². The summed E-state index contributed by atoms with van der Waals surface area (Å²) in [6, 6.07) is -2.53. The predicted molar refractivity (Wildman–Crippen MR) is 173 cm³/mol. The van der Waals surface area contributed by atoms with Gasteiger partial charge in [0.2, 0.25) is 23.5 Å². The number of nitrogens with two attached hydrogens (primary N) is 1. The average Bonchev–Trinajstić information content (AvgIpc) is 3.29. The fourth-order valence-corrected chi connectivity index (χ4v) is 9.29. The number of primary amides is 1. The van der Waals surface area contributed by atoms with Crippen LogP contribution in [-0.4, -0.2) is 86.9 Å². The summed E-state index contributed by atoms with van der Waals surface area (Å²) in [5.74, 6) is -5.46. The number of carbonyl (C=O) groups is 7. The molecule has 14 heteroatoms. The van der Waals surface area contributed by atoms with Crippen molar-refractivity contribution in [1.82, 2.24) is 10.6 Å². The number of amides is 3. The number of aliphatic carboxylic acids is 1. The molecule has 272 valence electrons. The van der Waals surface area contributed by atoms with E-state index in [0.29, 0.717) is 19.3 Å². The molecule has 0 spiro atoms. The van der Waals surface area contributed by atoms with Crippen LogP contribution in [0.2, 0.25) is 0 Å². The molecular formula is C35H51N3O11. The number of rotatable bonds is 14. The molecule has 4 aliphatic rings. The molecule has 0 aromatic heterocycles. The smallest absolute Gasteiger partial charge is 0.326 e. The van der Waals surface area contributed by atoms with Crippen molar-refractivity contribution in [2.45, 2.75) is 122 Å². The Morgan fingerprint density at radius 1 is 1.02 bits per heavy atom. The van der Waals surface area contributed by atoms with E-state index in [9.17, 15) is 48.9 Å². The van der Waals surface area contributed by atoms with Gasteiger partial charge in [-0.3, -0.25) is 28.8 Å².